The summed E-state index contributed by atoms with van der Waals surface area (Å²) < 4.78 is 5.05. The van der Waals surface area contributed by atoms with Crippen LogP contribution in [-0.4, -0.2) is 19.3 Å². The molecule has 1 aliphatic heterocycles. The van der Waals surface area contributed by atoms with Gasteiger partial charge in [-0.25, -0.2) is 0 Å². The molecule has 1 atom stereocenters. The lowest BCUT2D eigenvalue weighted by Gasteiger charge is -2.00. The molecule has 0 aromatic heterocycles. The number of ether oxygens (including phenoxy) is 1. The van der Waals surface area contributed by atoms with Crippen molar-refractivity contribution in [3.8, 4) is 0 Å². The molecule has 1 fully saturated rings. The minimum atomic E-state index is 0.514. The van der Waals surface area contributed by atoms with Gasteiger partial charge in [0.2, 0.25) is 0 Å². The minimum Gasteiger partial charge on any atom is -0.380 e. The lowest BCUT2D eigenvalue weighted by Crippen LogP contribution is -2.22. The summed E-state index contributed by atoms with van der Waals surface area (Å²) in [4.78, 5) is 0. The average molecular weight is 100 g/mol. The van der Waals surface area contributed by atoms with Crippen LogP contribution in [0.5, 0.6) is 0 Å². The summed E-state index contributed by atoms with van der Waals surface area (Å²) >= 11 is 0. The van der Waals surface area contributed by atoms with Crippen LogP contribution in [0.15, 0.2) is 0 Å². The summed E-state index contributed by atoms with van der Waals surface area (Å²) in [5, 5.41) is 2.89. The topological polar surface area (TPSA) is 21.3 Å². The van der Waals surface area contributed by atoms with Gasteiger partial charge in [0.25, 0.3) is 0 Å². The molecule has 0 aromatic carbocycles. The van der Waals surface area contributed by atoms with E-state index in [1.807, 2.05) is 0 Å². The second kappa shape index (κ2) is 2.28. The van der Waals surface area contributed by atoms with Crippen molar-refractivity contribution in [3.63, 3.8) is 0 Å². The molecule has 2 nitrogen and oxygen atoms in total. The highest BCUT2D eigenvalue weighted by atomic mass is 16.5. The highest BCUT2D eigenvalue weighted by molar-refractivity contribution is 4.69. The summed E-state index contributed by atoms with van der Waals surface area (Å²) in [7, 11) is 3.54. The third-order valence-electron chi connectivity index (χ3n) is 1.22. The molecule has 41 valence electrons. The first-order valence-corrected chi connectivity index (χ1v) is 2.54. The largest absolute Gasteiger partial charge is 0.380 e. The van der Waals surface area contributed by atoms with Crippen molar-refractivity contribution in [3.05, 3.63) is 7.05 Å². The van der Waals surface area contributed by atoms with E-state index in [9.17, 15) is 0 Å². The van der Waals surface area contributed by atoms with Gasteiger partial charge in [-0.15, -0.1) is 0 Å². The Bertz CT molecular complexity index is 50.0. The quantitative estimate of drug-likeness (QED) is 0.506. The third-order valence-corrected chi connectivity index (χ3v) is 1.22. The van der Waals surface area contributed by atoms with Gasteiger partial charge in [0.15, 0.2) is 0 Å². The zero-order valence-electron chi connectivity index (χ0n) is 4.31. The zero-order chi connectivity index (χ0) is 5.11. The van der Waals surface area contributed by atoms with Crippen molar-refractivity contribution in [1.29, 1.82) is 0 Å². The SMILES string of the molecule is [CH2]NC1CCOC1. The maximum Gasteiger partial charge on any atom is 0.0620 e. The van der Waals surface area contributed by atoms with Gasteiger partial charge in [-0.2, -0.15) is 0 Å². The van der Waals surface area contributed by atoms with Gasteiger partial charge in [-0.05, 0) is 6.42 Å². The first-order valence-electron chi connectivity index (χ1n) is 2.54. The zero-order valence-corrected chi connectivity index (χ0v) is 4.31. The van der Waals surface area contributed by atoms with E-state index in [1.54, 1.807) is 0 Å². The van der Waals surface area contributed by atoms with Crippen molar-refractivity contribution in [1.82, 2.24) is 5.32 Å². The summed E-state index contributed by atoms with van der Waals surface area (Å²) in [5.74, 6) is 0. The lowest BCUT2D eigenvalue weighted by molar-refractivity contribution is 0.191. The first-order chi connectivity index (χ1) is 3.43. The number of hydrogen-bond donors (Lipinski definition) is 1. The molecule has 2 heteroatoms. The fourth-order valence-corrected chi connectivity index (χ4v) is 0.696. The Morgan fingerprint density at radius 3 is 2.86 bits per heavy atom. The molecule has 0 spiro atoms. The summed E-state index contributed by atoms with van der Waals surface area (Å²) in [6.07, 6.45) is 1.11. The molecule has 0 aliphatic carbocycles. The van der Waals surface area contributed by atoms with E-state index in [4.69, 9.17) is 4.74 Å². The van der Waals surface area contributed by atoms with Crippen LogP contribution >= 0.6 is 0 Å². The predicted octanol–water partition coefficient (Wildman–Crippen LogP) is 0.156. The summed E-state index contributed by atoms with van der Waals surface area (Å²) in [6.45, 7) is 1.73. The van der Waals surface area contributed by atoms with E-state index in [0.29, 0.717) is 6.04 Å². The molecule has 0 aromatic rings. The minimum absolute atomic E-state index is 0.514. The normalized spacial score (nSPS) is 31.3. The van der Waals surface area contributed by atoms with Crippen molar-refractivity contribution in [2.24, 2.45) is 0 Å². The Hall–Kier alpha value is -0.0800. The Morgan fingerprint density at radius 2 is 2.57 bits per heavy atom. The summed E-state index contributed by atoms with van der Waals surface area (Å²) in [5.41, 5.74) is 0. The van der Waals surface area contributed by atoms with E-state index in [2.05, 4.69) is 12.4 Å². The van der Waals surface area contributed by atoms with Gasteiger partial charge in [0.05, 0.1) is 6.61 Å². The molecule has 0 amide bonds. The van der Waals surface area contributed by atoms with Crippen LogP contribution in [0.25, 0.3) is 0 Å². The third kappa shape index (κ3) is 1.14. The highest BCUT2D eigenvalue weighted by Gasteiger charge is 2.11. The van der Waals surface area contributed by atoms with E-state index >= 15 is 0 Å². The molecule has 1 saturated heterocycles. The second-order valence-corrected chi connectivity index (χ2v) is 1.76. The highest BCUT2D eigenvalue weighted by Crippen LogP contribution is 2.01. The van der Waals surface area contributed by atoms with Crippen molar-refractivity contribution < 1.29 is 4.74 Å². The molecular formula is C5H10NO. The Kier molecular flexibility index (Phi) is 1.65. The van der Waals surface area contributed by atoms with Crippen LogP contribution in [0.4, 0.5) is 0 Å². The van der Waals surface area contributed by atoms with Gasteiger partial charge >= 0.3 is 0 Å². The number of hydrogen-bond acceptors (Lipinski definition) is 2. The van der Waals surface area contributed by atoms with Gasteiger partial charge in [-0.1, -0.05) is 0 Å². The van der Waals surface area contributed by atoms with Crippen LogP contribution in [0, 0.1) is 7.05 Å². The van der Waals surface area contributed by atoms with E-state index in [1.165, 1.54) is 0 Å². The van der Waals surface area contributed by atoms with Gasteiger partial charge in [0.1, 0.15) is 0 Å². The Morgan fingerprint density at radius 1 is 1.71 bits per heavy atom. The fraction of sp³-hybridized carbons (Fsp3) is 0.800. The van der Waals surface area contributed by atoms with Crippen LogP contribution < -0.4 is 5.32 Å². The predicted molar refractivity (Wildman–Crippen MR) is 27.7 cm³/mol. The molecule has 1 radical (unpaired) electrons. The van der Waals surface area contributed by atoms with Crippen molar-refractivity contribution in [2.45, 2.75) is 12.5 Å². The fourth-order valence-electron chi connectivity index (χ4n) is 0.696. The van der Waals surface area contributed by atoms with Crippen molar-refractivity contribution in [2.75, 3.05) is 13.2 Å². The average Bonchev–Trinajstić information content (AvgIpc) is 2.14. The van der Waals surface area contributed by atoms with Crippen LogP contribution in [-0.2, 0) is 4.74 Å². The lowest BCUT2D eigenvalue weighted by atomic mass is 10.3. The van der Waals surface area contributed by atoms with E-state index in [-0.39, 0.29) is 0 Å². The Labute approximate surface area is 43.9 Å². The van der Waals surface area contributed by atoms with Crippen LogP contribution in [0.1, 0.15) is 6.42 Å². The van der Waals surface area contributed by atoms with Gasteiger partial charge < -0.3 is 10.1 Å². The molecule has 0 saturated carbocycles. The van der Waals surface area contributed by atoms with Gasteiger partial charge in [0, 0.05) is 19.7 Å². The number of nitrogens with one attached hydrogen (secondary N) is 1. The molecule has 1 heterocycles. The molecule has 7 heavy (non-hydrogen) atoms. The smallest absolute Gasteiger partial charge is 0.0620 e. The summed E-state index contributed by atoms with van der Waals surface area (Å²) in [6, 6.07) is 0.514. The maximum absolute atomic E-state index is 5.05. The van der Waals surface area contributed by atoms with E-state index in [0.717, 1.165) is 19.6 Å². The molecule has 1 aliphatic rings. The molecule has 1 N–H and O–H groups in total. The molecular weight excluding hydrogens is 90.1 g/mol. The first kappa shape index (κ1) is 5.06. The molecule has 1 rings (SSSR count). The Balaban J connectivity index is 2.14. The monoisotopic (exact) mass is 100 g/mol. The van der Waals surface area contributed by atoms with Gasteiger partial charge in [-0.3, -0.25) is 0 Å². The molecule has 0 bridgehead atoms. The van der Waals surface area contributed by atoms with Crippen LogP contribution in [0.2, 0.25) is 0 Å². The number of rotatable bonds is 1. The maximum atomic E-state index is 5.05. The standard InChI is InChI=1S/C5H10NO/c1-6-5-2-3-7-4-5/h5-6H,1-4H2. The second-order valence-electron chi connectivity index (χ2n) is 1.76. The van der Waals surface area contributed by atoms with Crippen molar-refractivity contribution >= 4 is 0 Å². The van der Waals surface area contributed by atoms with E-state index < -0.39 is 0 Å². The molecule has 1 unspecified atom stereocenters. The van der Waals surface area contributed by atoms with Crippen LogP contribution in [0.3, 0.4) is 0 Å².